The van der Waals surface area contributed by atoms with Gasteiger partial charge in [-0.3, -0.25) is 0 Å². The molecule has 2 aliphatic heterocycles. The highest BCUT2D eigenvalue weighted by molar-refractivity contribution is 5.85. The number of nitrogens with zero attached hydrogens (tertiary/aromatic N) is 7. The van der Waals surface area contributed by atoms with Gasteiger partial charge in [-0.2, -0.15) is 9.36 Å². The zero-order valence-corrected chi connectivity index (χ0v) is 26.7. The summed E-state index contributed by atoms with van der Waals surface area (Å²) < 4.78 is 35.0. The van der Waals surface area contributed by atoms with E-state index >= 15 is 0 Å². The van der Waals surface area contributed by atoms with Crippen LogP contribution in [0.4, 0.5) is 25.2 Å². The molecule has 0 atom stereocenters. The van der Waals surface area contributed by atoms with Gasteiger partial charge in [0.25, 0.3) is 11.6 Å². The van der Waals surface area contributed by atoms with Gasteiger partial charge < -0.3 is 24.6 Å². The number of carbonyl (C=O) groups excluding carboxylic acids is 1. The molecule has 248 valence electrons. The van der Waals surface area contributed by atoms with Crippen LogP contribution < -0.4 is 5.32 Å². The van der Waals surface area contributed by atoms with E-state index in [0.717, 1.165) is 53.2 Å². The van der Waals surface area contributed by atoms with Crippen molar-refractivity contribution in [3.05, 3.63) is 117 Å². The van der Waals surface area contributed by atoms with Crippen molar-refractivity contribution in [3.63, 3.8) is 0 Å². The summed E-state index contributed by atoms with van der Waals surface area (Å²) >= 11 is 0. The van der Waals surface area contributed by atoms with E-state index < -0.39 is 5.60 Å². The number of hydrogen-bond donors (Lipinski definition) is 1. The predicted octanol–water partition coefficient (Wildman–Crippen LogP) is 7.24. The molecule has 4 aromatic rings. The van der Waals surface area contributed by atoms with Crippen LogP contribution in [0.5, 0.6) is 0 Å². The van der Waals surface area contributed by atoms with Crippen LogP contribution in [0, 0.1) is 24.8 Å². The third-order valence-corrected chi connectivity index (χ3v) is 7.46. The molecule has 4 heterocycles. The zero-order valence-electron chi connectivity index (χ0n) is 25.9. The highest BCUT2D eigenvalue weighted by Gasteiger charge is 2.31. The number of fused-ring (bicyclic) bond motifs is 2. The van der Waals surface area contributed by atoms with Gasteiger partial charge in [-0.05, 0) is 85.7 Å². The fourth-order valence-electron chi connectivity index (χ4n) is 5.30. The van der Waals surface area contributed by atoms with Gasteiger partial charge in [0.1, 0.15) is 17.2 Å². The average Bonchev–Trinajstić information content (AvgIpc) is 3.56. The van der Waals surface area contributed by atoms with Gasteiger partial charge in [0, 0.05) is 24.2 Å². The van der Waals surface area contributed by atoms with Gasteiger partial charge in [-0.25, -0.2) is 13.6 Å². The Labute approximate surface area is 280 Å². The Bertz CT molecular complexity index is 1760. The van der Waals surface area contributed by atoms with Gasteiger partial charge >= 0.3 is 6.09 Å². The van der Waals surface area contributed by atoms with Gasteiger partial charge in [0.05, 0.1) is 31.0 Å². The number of nitrogens with one attached hydrogen (secondary N) is 1. The van der Waals surface area contributed by atoms with Gasteiger partial charge in [-0.1, -0.05) is 44.8 Å². The Morgan fingerprint density at radius 3 is 1.85 bits per heavy atom. The lowest BCUT2D eigenvalue weighted by Gasteiger charge is -2.30. The molecule has 1 N–H and O–H groups in total. The molecule has 10 nitrogen and oxygen atoms in total. The van der Waals surface area contributed by atoms with Crippen LogP contribution in [-0.2, 0) is 43.8 Å². The molecule has 47 heavy (non-hydrogen) atoms. The summed E-state index contributed by atoms with van der Waals surface area (Å²) in [6.07, 6.45) is 1.04. The fraction of sp³-hybridized carbons (Fsp3) is 0.382. The first kappa shape index (κ1) is 36.7. The van der Waals surface area contributed by atoms with E-state index in [1.807, 2.05) is 25.5 Å². The molecule has 0 unspecified atom stereocenters. The predicted molar refractivity (Wildman–Crippen MR) is 178 cm³/mol. The van der Waals surface area contributed by atoms with Crippen molar-refractivity contribution >= 4 is 30.1 Å². The minimum Gasteiger partial charge on any atom is -0.444 e. The first-order valence-corrected chi connectivity index (χ1v) is 14.6. The molecule has 0 spiro atoms. The lowest BCUT2D eigenvalue weighted by molar-refractivity contribution is 0.0219. The Hall–Kier alpha value is -4.78. The lowest BCUT2D eigenvalue weighted by Crippen LogP contribution is -2.40. The topological polar surface area (TPSA) is 85.9 Å². The third kappa shape index (κ3) is 8.94. The van der Waals surface area contributed by atoms with E-state index in [1.165, 1.54) is 24.3 Å². The molecular weight excluding hydrogens is 626 g/mol. The summed E-state index contributed by atoms with van der Waals surface area (Å²) in [5.74, 6) is 0.327. The number of hydrogen-bond acceptors (Lipinski definition) is 5. The standard InChI is InChI=1S/C19H21FN4O2.C14H13FN4.CH4.ClH/c1-19(2,3)26-18(25)23-10-9-15-16(12-23)24(22-17(15)21-4)11-13-5-7-14(20)8-6-13;1-16-14-12-6-7-17-8-13(12)19(18-14)9-10-2-4-11(15)5-3-10;;/h5-8H,9-12H2,1-3H3;2-5,17H,6-9H2;1H4;1H. The number of ether oxygens (including phenoxy) is 1. The van der Waals surface area contributed by atoms with Crippen LogP contribution in [0.25, 0.3) is 9.69 Å². The minimum absolute atomic E-state index is 0. The van der Waals surface area contributed by atoms with E-state index in [2.05, 4.69) is 25.2 Å². The molecule has 2 aliphatic rings. The van der Waals surface area contributed by atoms with Gasteiger partial charge in [-0.15, -0.1) is 12.4 Å². The number of aromatic nitrogens is 4. The molecule has 6 rings (SSSR count). The second-order valence-electron chi connectivity index (χ2n) is 11.9. The van der Waals surface area contributed by atoms with Crippen LogP contribution >= 0.6 is 12.4 Å². The monoisotopic (exact) mass is 664 g/mol. The molecule has 0 aliphatic carbocycles. The highest BCUT2D eigenvalue weighted by atomic mass is 35.5. The minimum atomic E-state index is -0.562. The fourth-order valence-corrected chi connectivity index (χ4v) is 5.30. The van der Waals surface area contributed by atoms with Crippen molar-refractivity contribution in [3.8, 4) is 0 Å². The van der Waals surface area contributed by atoms with Crippen LogP contribution in [0.15, 0.2) is 48.5 Å². The van der Waals surface area contributed by atoms with E-state index in [0.29, 0.717) is 44.2 Å². The Morgan fingerprint density at radius 1 is 0.872 bits per heavy atom. The molecule has 0 bridgehead atoms. The molecular formula is C34H39ClF2N8O2. The molecule has 0 saturated carbocycles. The molecule has 2 aromatic heterocycles. The molecule has 0 fully saturated rings. The zero-order chi connectivity index (χ0) is 32.1. The first-order chi connectivity index (χ1) is 21.5. The van der Waals surface area contributed by atoms with Gasteiger partial charge in [0.15, 0.2) is 0 Å². The summed E-state index contributed by atoms with van der Waals surface area (Å²) in [6.45, 7) is 23.5. The summed E-state index contributed by atoms with van der Waals surface area (Å²) in [7, 11) is 0. The molecule has 13 heteroatoms. The number of amides is 1. The molecule has 0 saturated heterocycles. The Morgan fingerprint density at radius 2 is 1.36 bits per heavy atom. The number of rotatable bonds is 4. The summed E-state index contributed by atoms with van der Waals surface area (Å²) in [5.41, 5.74) is 5.13. The van der Waals surface area contributed by atoms with E-state index in [9.17, 15) is 13.6 Å². The van der Waals surface area contributed by atoms with Crippen molar-refractivity contribution in [2.75, 3.05) is 13.1 Å². The van der Waals surface area contributed by atoms with Crippen molar-refractivity contribution in [1.82, 2.24) is 29.8 Å². The van der Waals surface area contributed by atoms with Crippen molar-refractivity contribution in [1.29, 1.82) is 0 Å². The van der Waals surface area contributed by atoms with E-state index in [-0.39, 0.29) is 37.6 Å². The second-order valence-corrected chi connectivity index (χ2v) is 11.9. The highest BCUT2D eigenvalue weighted by Crippen LogP contribution is 2.30. The quantitative estimate of drug-likeness (QED) is 0.233. The average molecular weight is 665 g/mol. The maximum atomic E-state index is 13.1. The maximum Gasteiger partial charge on any atom is 0.410 e. The third-order valence-electron chi connectivity index (χ3n) is 7.46. The Kier molecular flexibility index (Phi) is 12.2. The lowest BCUT2D eigenvalue weighted by atomic mass is 10.1. The molecule has 1 amide bonds. The van der Waals surface area contributed by atoms with Crippen LogP contribution in [-0.4, -0.2) is 49.2 Å². The SMILES string of the molecule is C.Cl.[C-]#[N+]c1nn(Cc2ccc(F)cc2)c2c1CCN(C(=O)OC(C)(C)C)C2.[C-]#[N+]c1nn(Cc2ccc(F)cc2)c2c1CCNC2. The van der Waals surface area contributed by atoms with Crippen LogP contribution in [0.1, 0.15) is 61.8 Å². The van der Waals surface area contributed by atoms with E-state index in [4.69, 9.17) is 17.9 Å². The molecule has 0 radical (unpaired) electrons. The van der Waals surface area contributed by atoms with Crippen LogP contribution in [0.3, 0.4) is 0 Å². The van der Waals surface area contributed by atoms with Crippen molar-refractivity contribution in [2.45, 2.75) is 72.8 Å². The largest absolute Gasteiger partial charge is 0.444 e. The number of benzene rings is 2. The van der Waals surface area contributed by atoms with Gasteiger partial charge in [0.2, 0.25) is 0 Å². The summed E-state index contributed by atoms with van der Waals surface area (Å²) in [5, 5.41) is 12.0. The smallest absolute Gasteiger partial charge is 0.410 e. The number of halogens is 3. The number of carbonyl (C=O) groups is 1. The first-order valence-electron chi connectivity index (χ1n) is 14.6. The van der Waals surface area contributed by atoms with Crippen molar-refractivity contribution in [2.24, 2.45) is 0 Å². The van der Waals surface area contributed by atoms with Crippen LogP contribution in [0.2, 0.25) is 0 Å². The second kappa shape index (κ2) is 15.7. The molecule has 2 aromatic carbocycles. The van der Waals surface area contributed by atoms with Crippen molar-refractivity contribution < 1.29 is 18.3 Å². The summed E-state index contributed by atoms with van der Waals surface area (Å²) in [4.78, 5) is 21.0. The van der Waals surface area contributed by atoms with E-state index in [1.54, 1.807) is 33.8 Å². The summed E-state index contributed by atoms with van der Waals surface area (Å²) in [6, 6.07) is 12.6. The maximum absolute atomic E-state index is 13.1. The Balaban J connectivity index is 0.000000255. The normalized spacial score (nSPS) is 13.3.